The van der Waals surface area contributed by atoms with Crippen LogP contribution in [0.15, 0.2) is 109 Å². The fraction of sp³-hybridized carbons (Fsp3) is 0.412. The van der Waals surface area contributed by atoms with Gasteiger partial charge in [-0.15, -0.1) is 12.4 Å². The van der Waals surface area contributed by atoms with E-state index in [1.54, 1.807) is 49.9 Å². The van der Waals surface area contributed by atoms with Gasteiger partial charge < -0.3 is 44.9 Å². The SMILES string of the molecule is CC(C)(C)OC(=O)Cc1ccc(C(=O)N2CCCC(NC(=O)OCc3ccccc3)C2)cc1.CC(C)(C)OC(=O)Nc1ccc(C(=O)O)cc1.Cl.O=C(NC1CCCNC1)OCc1ccccc1. The molecule has 0 aliphatic carbocycles. The van der Waals surface area contributed by atoms with E-state index in [2.05, 4.69) is 21.3 Å². The van der Waals surface area contributed by atoms with E-state index < -0.39 is 29.4 Å². The number of esters is 1. The summed E-state index contributed by atoms with van der Waals surface area (Å²) in [6.45, 7) is 14.3. The van der Waals surface area contributed by atoms with Gasteiger partial charge in [0, 0.05) is 43.0 Å². The number of nitrogens with zero attached hydrogens (tertiary/aromatic N) is 1. The first-order chi connectivity index (χ1) is 31.8. The highest BCUT2D eigenvalue weighted by Gasteiger charge is 2.26. The number of carbonyl (C=O) groups excluding carboxylic acids is 5. The molecule has 68 heavy (non-hydrogen) atoms. The topological polar surface area (TPSA) is 211 Å². The molecule has 17 heteroatoms. The summed E-state index contributed by atoms with van der Waals surface area (Å²) in [4.78, 5) is 72.4. The van der Waals surface area contributed by atoms with Crippen molar-refractivity contribution in [1.29, 1.82) is 0 Å². The molecule has 5 N–H and O–H groups in total. The molecule has 368 valence electrons. The molecule has 4 amide bonds. The van der Waals surface area contributed by atoms with Crippen LogP contribution in [0, 0.1) is 0 Å². The molecule has 2 fully saturated rings. The van der Waals surface area contributed by atoms with E-state index in [9.17, 15) is 28.8 Å². The van der Waals surface area contributed by atoms with Crippen molar-refractivity contribution in [2.24, 2.45) is 0 Å². The monoisotopic (exact) mass is 959 g/mol. The van der Waals surface area contributed by atoms with Crippen molar-refractivity contribution < 1.29 is 52.8 Å². The van der Waals surface area contributed by atoms with E-state index in [1.165, 1.54) is 24.3 Å². The Morgan fingerprint density at radius 1 is 0.632 bits per heavy atom. The number of hydrogen-bond acceptors (Lipinski definition) is 11. The summed E-state index contributed by atoms with van der Waals surface area (Å²) >= 11 is 0. The van der Waals surface area contributed by atoms with Gasteiger partial charge in [0.1, 0.15) is 24.4 Å². The number of alkyl carbamates (subject to hydrolysis) is 2. The van der Waals surface area contributed by atoms with Crippen LogP contribution in [-0.4, -0.2) is 95.6 Å². The van der Waals surface area contributed by atoms with E-state index in [1.807, 2.05) is 81.4 Å². The molecule has 0 aromatic heterocycles. The molecule has 2 aliphatic rings. The van der Waals surface area contributed by atoms with E-state index in [4.69, 9.17) is 24.1 Å². The molecule has 2 aliphatic heterocycles. The van der Waals surface area contributed by atoms with Crippen LogP contribution in [0.3, 0.4) is 0 Å². The van der Waals surface area contributed by atoms with Gasteiger partial charge in [0.15, 0.2) is 0 Å². The van der Waals surface area contributed by atoms with Gasteiger partial charge in [0.25, 0.3) is 5.91 Å². The Morgan fingerprint density at radius 3 is 1.65 bits per heavy atom. The van der Waals surface area contributed by atoms with Crippen molar-refractivity contribution in [2.45, 2.75) is 110 Å². The second kappa shape index (κ2) is 27.9. The lowest BCUT2D eigenvalue weighted by Crippen LogP contribution is -2.49. The Kier molecular flexibility index (Phi) is 22.8. The predicted octanol–water partition coefficient (Wildman–Crippen LogP) is 8.92. The number of halogens is 1. The average Bonchev–Trinajstić information content (AvgIpc) is 3.28. The second-order valence-corrected chi connectivity index (χ2v) is 18.0. The van der Waals surface area contributed by atoms with Crippen molar-refractivity contribution in [3.63, 3.8) is 0 Å². The molecule has 0 bridgehead atoms. The maximum Gasteiger partial charge on any atom is 0.412 e. The Bertz CT molecular complexity index is 2190. The third-order valence-corrected chi connectivity index (χ3v) is 9.82. The number of amides is 4. The highest BCUT2D eigenvalue weighted by Crippen LogP contribution is 2.17. The largest absolute Gasteiger partial charge is 0.478 e. The smallest absolute Gasteiger partial charge is 0.412 e. The number of ether oxygens (including phenoxy) is 4. The van der Waals surface area contributed by atoms with E-state index in [0.717, 1.165) is 55.5 Å². The number of rotatable bonds is 11. The van der Waals surface area contributed by atoms with E-state index in [-0.39, 0.29) is 61.1 Å². The van der Waals surface area contributed by atoms with Crippen molar-refractivity contribution in [1.82, 2.24) is 20.9 Å². The van der Waals surface area contributed by atoms with Gasteiger partial charge in [-0.25, -0.2) is 19.2 Å². The minimum absolute atomic E-state index is 0. The number of anilines is 1. The van der Waals surface area contributed by atoms with Crippen LogP contribution in [-0.2, 0) is 43.4 Å². The molecule has 4 aromatic carbocycles. The number of benzene rings is 4. The maximum atomic E-state index is 13.0. The van der Waals surface area contributed by atoms with E-state index in [0.29, 0.717) is 30.9 Å². The van der Waals surface area contributed by atoms with Crippen molar-refractivity contribution in [3.8, 4) is 0 Å². The molecule has 6 rings (SSSR count). The van der Waals surface area contributed by atoms with Crippen molar-refractivity contribution in [3.05, 3.63) is 137 Å². The van der Waals surface area contributed by atoms with Crippen LogP contribution in [0.4, 0.5) is 20.1 Å². The predicted molar refractivity (Wildman–Crippen MR) is 261 cm³/mol. The van der Waals surface area contributed by atoms with Crippen molar-refractivity contribution in [2.75, 3.05) is 31.5 Å². The molecule has 0 spiro atoms. The molecular formula is C51H66ClN5O11. The number of likely N-dealkylation sites (tertiary alicyclic amines) is 1. The Labute approximate surface area is 405 Å². The summed E-state index contributed by atoms with van der Waals surface area (Å²) in [5, 5.41) is 20.2. The summed E-state index contributed by atoms with van der Waals surface area (Å²) in [5.74, 6) is -1.40. The number of carboxylic acid groups (broad SMARTS) is 1. The maximum absolute atomic E-state index is 13.0. The average molecular weight is 961 g/mol. The van der Waals surface area contributed by atoms with Crippen LogP contribution in [0.25, 0.3) is 0 Å². The zero-order chi connectivity index (χ0) is 48.8. The number of carbonyl (C=O) groups is 6. The van der Waals surface area contributed by atoms with E-state index >= 15 is 0 Å². The van der Waals surface area contributed by atoms with Gasteiger partial charge in [0.2, 0.25) is 0 Å². The van der Waals surface area contributed by atoms with Gasteiger partial charge in [-0.05, 0) is 127 Å². The number of hydrogen-bond donors (Lipinski definition) is 5. The zero-order valence-electron chi connectivity index (χ0n) is 39.7. The van der Waals surface area contributed by atoms with Gasteiger partial charge in [-0.3, -0.25) is 14.9 Å². The molecule has 2 atom stereocenters. The minimum atomic E-state index is -1.01. The number of aromatic carboxylic acids is 1. The standard InChI is InChI=1S/C26H32N2O5.C13H18N2O2.C12H15NO4.ClH/c1-26(2,3)33-23(29)16-19-11-13-21(14-12-19)24(30)28-15-7-10-22(17-28)27-25(31)32-18-20-8-5-4-6-9-20;16-13(15-12-7-4-8-14-9-12)17-10-11-5-2-1-3-6-11;1-12(2,3)17-11(16)13-9-6-4-8(5-7-9)10(14)15;/h4-6,8-9,11-14,22H,7,10,15-18H2,1-3H3,(H,27,31);1-3,5-6,12,14H,4,7-10H2,(H,15,16);4-7H,1-3H3,(H,13,16)(H,14,15);1H. The Hall–Kier alpha value is -6.65. The third-order valence-electron chi connectivity index (χ3n) is 9.82. The summed E-state index contributed by atoms with van der Waals surface area (Å²) in [6, 6.07) is 32.1. The van der Waals surface area contributed by atoms with Crippen LogP contribution in [0.1, 0.15) is 105 Å². The molecule has 2 saturated heterocycles. The van der Waals surface area contributed by atoms with Crippen molar-refractivity contribution >= 4 is 54.2 Å². The molecule has 0 saturated carbocycles. The molecule has 16 nitrogen and oxygen atoms in total. The lowest BCUT2D eigenvalue weighted by atomic mass is 10.0. The van der Waals surface area contributed by atoms with Crippen LogP contribution in [0.5, 0.6) is 0 Å². The fourth-order valence-corrected chi connectivity index (χ4v) is 6.73. The summed E-state index contributed by atoms with van der Waals surface area (Å²) in [5.41, 5.74) is 2.83. The summed E-state index contributed by atoms with van der Waals surface area (Å²) in [7, 11) is 0. The molecule has 0 radical (unpaired) electrons. The van der Waals surface area contributed by atoms with Crippen LogP contribution >= 0.6 is 12.4 Å². The Balaban J connectivity index is 0.000000295. The summed E-state index contributed by atoms with van der Waals surface area (Å²) in [6.07, 6.45) is 2.49. The second-order valence-electron chi connectivity index (χ2n) is 18.0. The van der Waals surface area contributed by atoms with Gasteiger partial charge >= 0.3 is 30.2 Å². The molecule has 2 unspecified atom stereocenters. The highest BCUT2D eigenvalue weighted by molar-refractivity contribution is 5.94. The zero-order valence-corrected chi connectivity index (χ0v) is 40.5. The first-order valence-corrected chi connectivity index (χ1v) is 22.4. The van der Waals surface area contributed by atoms with Gasteiger partial charge in [-0.1, -0.05) is 72.8 Å². The first kappa shape index (κ1) is 55.7. The Morgan fingerprint density at radius 2 is 1.15 bits per heavy atom. The normalized spacial score (nSPS) is 15.4. The van der Waals surface area contributed by atoms with Gasteiger partial charge in [0.05, 0.1) is 12.0 Å². The number of carboxylic acids is 1. The third kappa shape index (κ3) is 22.2. The summed E-state index contributed by atoms with van der Waals surface area (Å²) < 4.78 is 20.8. The quantitative estimate of drug-likeness (QED) is 0.0705. The molecule has 4 aromatic rings. The van der Waals surface area contributed by atoms with Gasteiger partial charge in [-0.2, -0.15) is 0 Å². The lowest BCUT2D eigenvalue weighted by molar-refractivity contribution is -0.153. The lowest BCUT2D eigenvalue weighted by Gasteiger charge is -2.33. The number of piperidine rings is 2. The first-order valence-electron chi connectivity index (χ1n) is 22.4. The fourth-order valence-electron chi connectivity index (χ4n) is 6.73. The van der Waals surface area contributed by atoms with Crippen LogP contribution < -0.4 is 21.3 Å². The minimum Gasteiger partial charge on any atom is -0.478 e. The molecular weight excluding hydrogens is 894 g/mol. The van der Waals surface area contributed by atoms with Crippen LogP contribution in [0.2, 0.25) is 0 Å². The number of nitrogens with one attached hydrogen (secondary N) is 4. The highest BCUT2D eigenvalue weighted by atomic mass is 35.5. The molecule has 2 heterocycles.